The van der Waals surface area contributed by atoms with Crippen LogP contribution < -0.4 is 5.32 Å². The number of piperidine rings is 1. The number of hydrogen-bond acceptors (Lipinski definition) is 6. The number of amides is 1. The van der Waals surface area contributed by atoms with Crippen LogP contribution in [0, 0.1) is 11.3 Å². The molecular formula is C19H26N6OS. The van der Waals surface area contributed by atoms with Crippen LogP contribution in [0.25, 0.3) is 0 Å². The van der Waals surface area contributed by atoms with E-state index in [1.807, 2.05) is 11.6 Å². The molecule has 0 bridgehead atoms. The number of rotatable bonds is 5. The molecule has 7 nitrogen and oxygen atoms in total. The largest absolute Gasteiger partial charge is 0.349 e. The molecular weight excluding hydrogens is 360 g/mol. The number of carbonyl (C=O) groups is 1. The van der Waals surface area contributed by atoms with Crippen molar-refractivity contribution in [3.8, 4) is 0 Å². The Labute approximate surface area is 163 Å². The molecule has 0 radical (unpaired) electrons. The Morgan fingerprint density at radius 1 is 1.26 bits per heavy atom. The van der Waals surface area contributed by atoms with Crippen molar-refractivity contribution >= 4 is 17.2 Å². The van der Waals surface area contributed by atoms with E-state index in [0.29, 0.717) is 11.7 Å². The van der Waals surface area contributed by atoms with Gasteiger partial charge in [-0.2, -0.15) is 0 Å². The zero-order chi connectivity index (χ0) is 18.3. The fourth-order valence-corrected chi connectivity index (χ4v) is 5.06. The molecule has 5 rings (SSSR count). The third-order valence-corrected chi connectivity index (χ3v) is 7.17. The van der Waals surface area contributed by atoms with E-state index < -0.39 is 0 Å². The zero-order valence-electron chi connectivity index (χ0n) is 15.6. The minimum atomic E-state index is -0.0566. The third kappa shape index (κ3) is 3.65. The highest BCUT2D eigenvalue weighted by atomic mass is 32.1. The standard InChI is InChI=1S/C19H26N6OS/c26-18(21-11-14-1-2-14)17-23-22-15-3-4-19(13-25(15)17)5-8-24(9-6-19)12-16-20-7-10-27-16/h7,10,14H,1-6,8-9,11-13H2,(H,21,26). The number of likely N-dealkylation sites (tertiary alicyclic amines) is 1. The molecule has 1 saturated carbocycles. The summed E-state index contributed by atoms with van der Waals surface area (Å²) < 4.78 is 2.10. The van der Waals surface area contributed by atoms with Gasteiger partial charge in [0.15, 0.2) is 0 Å². The van der Waals surface area contributed by atoms with Gasteiger partial charge in [0.25, 0.3) is 5.91 Å². The number of aromatic nitrogens is 4. The lowest BCUT2D eigenvalue weighted by Gasteiger charge is -2.44. The van der Waals surface area contributed by atoms with Crippen LogP contribution in [0.5, 0.6) is 0 Å². The van der Waals surface area contributed by atoms with Crippen LogP contribution in [0.3, 0.4) is 0 Å². The number of nitrogens with one attached hydrogen (secondary N) is 1. The lowest BCUT2D eigenvalue weighted by molar-refractivity contribution is 0.0617. The fraction of sp³-hybridized carbons (Fsp3) is 0.684. The molecule has 0 aromatic carbocycles. The van der Waals surface area contributed by atoms with Gasteiger partial charge in [-0.15, -0.1) is 21.5 Å². The Bertz CT molecular complexity index is 804. The summed E-state index contributed by atoms with van der Waals surface area (Å²) in [6.07, 6.45) is 8.77. The van der Waals surface area contributed by atoms with Crippen molar-refractivity contribution in [3.63, 3.8) is 0 Å². The molecule has 0 unspecified atom stereocenters. The molecule has 1 N–H and O–H groups in total. The van der Waals surface area contributed by atoms with Crippen molar-refractivity contribution < 1.29 is 4.79 Å². The number of fused-ring (bicyclic) bond motifs is 1. The number of thiazole rings is 1. The van der Waals surface area contributed by atoms with Crippen molar-refractivity contribution in [2.24, 2.45) is 11.3 Å². The van der Waals surface area contributed by atoms with E-state index in [-0.39, 0.29) is 11.3 Å². The Hall–Kier alpha value is -1.80. The summed E-state index contributed by atoms with van der Waals surface area (Å²) in [7, 11) is 0. The first-order chi connectivity index (χ1) is 13.2. The first-order valence-corrected chi connectivity index (χ1v) is 10.9. The molecule has 1 amide bonds. The number of nitrogens with zero attached hydrogens (tertiary/aromatic N) is 5. The minimum Gasteiger partial charge on any atom is -0.349 e. The minimum absolute atomic E-state index is 0.0566. The molecule has 2 aromatic rings. The van der Waals surface area contributed by atoms with Gasteiger partial charge in [0, 0.05) is 31.1 Å². The molecule has 1 saturated heterocycles. The lowest BCUT2D eigenvalue weighted by Crippen LogP contribution is -2.44. The molecule has 4 heterocycles. The third-order valence-electron chi connectivity index (χ3n) is 6.41. The molecule has 2 aliphatic heterocycles. The summed E-state index contributed by atoms with van der Waals surface area (Å²) in [4.78, 5) is 19.5. The normalized spacial score (nSPS) is 21.9. The summed E-state index contributed by atoms with van der Waals surface area (Å²) in [5.74, 6) is 2.10. The van der Waals surface area contributed by atoms with Crippen LogP contribution in [-0.2, 0) is 19.5 Å². The lowest BCUT2D eigenvalue weighted by atomic mass is 9.73. The van der Waals surface area contributed by atoms with E-state index in [4.69, 9.17) is 0 Å². The van der Waals surface area contributed by atoms with E-state index in [2.05, 4.69) is 30.0 Å². The van der Waals surface area contributed by atoms with Crippen LogP contribution in [0.2, 0.25) is 0 Å². The zero-order valence-corrected chi connectivity index (χ0v) is 16.4. The summed E-state index contributed by atoms with van der Waals surface area (Å²) in [6.45, 7) is 4.81. The highest BCUT2D eigenvalue weighted by molar-refractivity contribution is 7.09. The van der Waals surface area contributed by atoms with Crippen molar-refractivity contribution in [1.82, 2.24) is 30.0 Å². The van der Waals surface area contributed by atoms with Gasteiger partial charge in [0.1, 0.15) is 10.8 Å². The maximum atomic E-state index is 12.6. The van der Waals surface area contributed by atoms with Gasteiger partial charge in [0.05, 0.1) is 6.54 Å². The molecule has 144 valence electrons. The van der Waals surface area contributed by atoms with Crippen molar-refractivity contribution in [2.45, 2.75) is 51.6 Å². The molecule has 1 aliphatic carbocycles. The average molecular weight is 387 g/mol. The first-order valence-electron chi connectivity index (χ1n) is 10.0. The van der Waals surface area contributed by atoms with Crippen LogP contribution in [-0.4, -0.2) is 50.2 Å². The summed E-state index contributed by atoms with van der Waals surface area (Å²) in [6, 6.07) is 0. The topological polar surface area (TPSA) is 75.9 Å². The van der Waals surface area contributed by atoms with Crippen LogP contribution in [0.1, 0.15) is 53.6 Å². The highest BCUT2D eigenvalue weighted by Gasteiger charge is 2.40. The van der Waals surface area contributed by atoms with Gasteiger partial charge in [0.2, 0.25) is 5.82 Å². The summed E-state index contributed by atoms with van der Waals surface area (Å²) >= 11 is 1.73. The fourth-order valence-electron chi connectivity index (χ4n) is 4.40. The predicted molar refractivity (Wildman–Crippen MR) is 102 cm³/mol. The molecule has 0 atom stereocenters. The van der Waals surface area contributed by atoms with Crippen molar-refractivity contribution in [3.05, 3.63) is 28.2 Å². The number of hydrogen-bond donors (Lipinski definition) is 1. The van der Waals surface area contributed by atoms with Crippen LogP contribution in [0.4, 0.5) is 0 Å². The van der Waals surface area contributed by atoms with E-state index in [1.165, 1.54) is 30.7 Å². The highest BCUT2D eigenvalue weighted by Crippen LogP contribution is 2.41. The van der Waals surface area contributed by atoms with Crippen molar-refractivity contribution in [1.29, 1.82) is 0 Å². The number of aryl methyl sites for hydroxylation is 1. The second-order valence-corrected chi connectivity index (χ2v) is 9.36. The molecule has 2 aromatic heterocycles. The van der Waals surface area contributed by atoms with E-state index in [1.54, 1.807) is 11.3 Å². The second-order valence-electron chi connectivity index (χ2n) is 8.38. The Morgan fingerprint density at radius 3 is 2.85 bits per heavy atom. The smallest absolute Gasteiger partial charge is 0.289 e. The maximum Gasteiger partial charge on any atom is 0.289 e. The monoisotopic (exact) mass is 386 g/mol. The summed E-state index contributed by atoms with van der Waals surface area (Å²) in [5, 5.41) is 14.8. The van der Waals surface area contributed by atoms with E-state index >= 15 is 0 Å². The van der Waals surface area contributed by atoms with Gasteiger partial charge in [-0.1, -0.05) is 0 Å². The van der Waals surface area contributed by atoms with Gasteiger partial charge in [-0.05, 0) is 56.5 Å². The average Bonchev–Trinajstić information content (AvgIpc) is 3.20. The number of carbonyl (C=O) groups excluding carboxylic acids is 1. The Kier molecular flexibility index (Phi) is 4.47. The maximum absolute atomic E-state index is 12.6. The Balaban J connectivity index is 1.24. The second kappa shape index (κ2) is 6.98. The molecule has 2 fully saturated rings. The van der Waals surface area contributed by atoms with Gasteiger partial charge in [-0.25, -0.2) is 4.98 Å². The quantitative estimate of drug-likeness (QED) is 0.852. The predicted octanol–water partition coefficient (Wildman–Crippen LogP) is 2.10. The van der Waals surface area contributed by atoms with Crippen LogP contribution >= 0.6 is 11.3 Å². The summed E-state index contributed by atoms with van der Waals surface area (Å²) in [5.41, 5.74) is 0.278. The van der Waals surface area contributed by atoms with Crippen molar-refractivity contribution in [2.75, 3.05) is 19.6 Å². The molecule has 8 heteroatoms. The molecule has 1 spiro atoms. The van der Waals surface area contributed by atoms with Gasteiger partial charge in [-0.3, -0.25) is 9.69 Å². The SMILES string of the molecule is O=C(NCC1CC1)c1nnc2n1CC1(CC2)CCN(Cc2nccs2)CC1. The van der Waals surface area contributed by atoms with Gasteiger partial charge >= 0.3 is 0 Å². The molecule has 3 aliphatic rings. The van der Waals surface area contributed by atoms with E-state index in [9.17, 15) is 4.79 Å². The first kappa shape index (κ1) is 17.3. The molecule has 27 heavy (non-hydrogen) atoms. The van der Waals surface area contributed by atoms with Crippen LogP contribution in [0.15, 0.2) is 11.6 Å². The van der Waals surface area contributed by atoms with Gasteiger partial charge < -0.3 is 9.88 Å². The van der Waals surface area contributed by atoms with E-state index in [0.717, 1.165) is 51.4 Å². The Morgan fingerprint density at radius 2 is 2.11 bits per heavy atom.